The molecule has 7 heteroatoms. The smallest absolute Gasteiger partial charge is 0.255 e. The highest BCUT2D eigenvalue weighted by Gasteiger charge is 2.21. The topological polar surface area (TPSA) is 47.0 Å². The monoisotopic (exact) mass is 295 g/mol. The highest BCUT2D eigenvalue weighted by molar-refractivity contribution is 8.14. The van der Waals surface area contributed by atoms with Gasteiger partial charge in [0.25, 0.3) is 9.05 Å². The van der Waals surface area contributed by atoms with Crippen LogP contribution in [0, 0.1) is 0 Å². The molecule has 2 aromatic rings. The summed E-state index contributed by atoms with van der Waals surface area (Å²) in [6, 6.07) is 4.63. The number of hydrogen-bond donors (Lipinski definition) is 0. The van der Waals surface area contributed by atoms with E-state index in [1.807, 2.05) is 0 Å². The molecule has 0 bridgehead atoms. The Morgan fingerprint density at radius 1 is 1.19 bits per heavy atom. The fraction of sp³-hybridized carbons (Fsp3) is 0. The summed E-state index contributed by atoms with van der Waals surface area (Å²) >= 11 is 11.7. The second kappa shape index (κ2) is 4.04. The number of pyridine rings is 1. The molecule has 0 aliphatic carbocycles. The zero-order valence-electron chi connectivity index (χ0n) is 7.62. The van der Waals surface area contributed by atoms with Crippen molar-refractivity contribution in [3.8, 4) is 0 Å². The van der Waals surface area contributed by atoms with E-state index in [0.717, 1.165) is 0 Å². The van der Waals surface area contributed by atoms with Crippen molar-refractivity contribution < 1.29 is 8.42 Å². The Hall–Kier alpha value is -0.550. The molecule has 1 heterocycles. The molecule has 3 nitrogen and oxygen atoms in total. The molecule has 0 aliphatic heterocycles. The van der Waals surface area contributed by atoms with Gasteiger partial charge in [-0.05, 0) is 18.2 Å². The highest BCUT2D eigenvalue weighted by atomic mass is 35.7. The summed E-state index contributed by atoms with van der Waals surface area (Å²) < 4.78 is 22.8. The lowest BCUT2D eigenvalue weighted by Crippen LogP contribution is -1.96. The summed E-state index contributed by atoms with van der Waals surface area (Å²) in [4.78, 5) is 3.72. The third kappa shape index (κ3) is 1.98. The van der Waals surface area contributed by atoms with E-state index in [9.17, 15) is 8.42 Å². The van der Waals surface area contributed by atoms with E-state index in [1.54, 1.807) is 12.1 Å². The Bertz CT molecular complexity index is 670. The number of rotatable bonds is 1. The van der Waals surface area contributed by atoms with Crippen molar-refractivity contribution in [3.05, 3.63) is 34.4 Å². The van der Waals surface area contributed by atoms with Gasteiger partial charge in [-0.2, -0.15) is 0 Å². The van der Waals surface area contributed by atoms with Gasteiger partial charge in [0.2, 0.25) is 0 Å². The molecular formula is C9H4Cl3NO2S. The maximum atomic E-state index is 11.4. The number of fused-ring (bicyclic) bond motifs is 1. The summed E-state index contributed by atoms with van der Waals surface area (Å²) in [5.74, 6) is 0. The minimum atomic E-state index is -3.96. The molecule has 0 aliphatic rings. The van der Waals surface area contributed by atoms with Gasteiger partial charge in [-0.15, -0.1) is 0 Å². The van der Waals surface area contributed by atoms with Gasteiger partial charge in [-0.3, -0.25) is 4.98 Å². The SMILES string of the molecule is O=S(=O)(Cl)c1c(Cl)cc(Cl)c2cccnc12. The molecule has 0 saturated carbocycles. The normalized spacial score (nSPS) is 11.9. The first kappa shape index (κ1) is 11.9. The predicted octanol–water partition coefficient (Wildman–Crippen LogP) is 3.47. The molecule has 0 fully saturated rings. The average molecular weight is 297 g/mol. The number of hydrogen-bond acceptors (Lipinski definition) is 3. The molecule has 0 saturated heterocycles. The van der Waals surface area contributed by atoms with Crippen molar-refractivity contribution in [2.45, 2.75) is 4.90 Å². The van der Waals surface area contributed by atoms with Crippen LogP contribution in [0.1, 0.15) is 0 Å². The molecule has 0 N–H and O–H groups in total. The van der Waals surface area contributed by atoms with Crippen LogP contribution in [0.15, 0.2) is 29.3 Å². The Balaban J connectivity index is 3.05. The summed E-state index contributed by atoms with van der Waals surface area (Å²) in [7, 11) is 1.34. The number of aromatic nitrogens is 1. The second-order valence-corrected chi connectivity index (χ2v) is 6.32. The van der Waals surface area contributed by atoms with Gasteiger partial charge in [-0.1, -0.05) is 23.2 Å². The highest BCUT2D eigenvalue weighted by Crippen LogP contribution is 2.35. The quantitative estimate of drug-likeness (QED) is 0.757. The van der Waals surface area contributed by atoms with Crippen molar-refractivity contribution in [2.24, 2.45) is 0 Å². The largest absolute Gasteiger partial charge is 0.264 e. The molecule has 2 rings (SSSR count). The fourth-order valence-corrected chi connectivity index (χ4v) is 3.47. The van der Waals surface area contributed by atoms with E-state index in [1.165, 1.54) is 12.3 Å². The molecule has 1 aromatic carbocycles. The number of benzene rings is 1. The zero-order chi connectivity index (χ0) is 11.9. The van der Waals surface area contributed by atoms with Gasteiger partial charge in [-0.25, -0.2) is 8.42 Å². The van der Waals surface area contributed by atoms with E-state index in [-0.39, 0.29) is 15.4 Å². The standard InChI is InChI=1S/C9H4Cl3NO2S/c10-6-4-7(11)9(16(12,14)15)8-5(6)2-1-3-13-8/h1-4H. The minimum absolute atomic E-state index is 0.0359. The van der Waals surface area contributed by atoms with Crippen LogP contribution in [0.5, 0.6) is 0 Å². The summed E-state index contributed by atoms with van der Waals surface area (Å²) in [5, 5.41) is 0.788. The number of halogens is 3. The van der Waals surface area contributed by atoms with E-state index >= 15 is 0 Å². The Kier molecular flexibility index (Phi) is 3.01. The van der Waals surface area contributed by atoms with Gasteiger partial charge >= 0.3 is 0 Å². The molecule has 0 amide bonds. The van der Waals surface area contributed by atoms with Crippen molar-refractivity contribution in [1.82, 2.24) is 4.98 Å². The lowest BCUT2D eigenvalue weighted by molar-refractivity contribution is 0.610. The van der Waals surface area contributed by atoms with Crippen LogP contribution >= 0.6 is 33.9 Å². The van der Waals surface area contributed by atoms with Crippen LogP contribution in [0.4, 0.5) is 0 Å². The Morgan fingerprint density at radius 3 is 2.50 bits per heavy atom. The molecule has 0 unspecified atom stereocenters. The van der Waals surface area contributed by atoms with E-state index in [2.05, 4.69) is 4.98 Å². The number of nitrogens with zero attached hydrogens (tertiary/aromatic N) is 1. The van der Waals surface area contributed by atoms with Crippen molar-refractivity contribution >= 4 is 53.8 Å². The van der Waals surface area contributed by atoms with Crippen LogP contribution in [-0.2, 0) is 9.05 Å². The lowest BCUT2D eigenvalue weighted by Gasteiger charge is -2.06. The predicted molar refractivity (Wildman–Crippen MR) is 64.8 cm³/mol. The Morgan fingerprint density at radius 2 is 1.88 bits per heavy atom. The summed E-state index contributed by atoms with van der Waals surface area (Å²) in [6.45, 7) is 0. The van der Waals surface area contributed by atoms with Gasteiger partial charge in [0.05, 0.1) is 15.6 Å². The molecule has 0 atom stereocenters. The first-order valence-corrected chi connectivity index (χ1v) is 7.15. The average Bonchev–Trinajstić information content (AvgIpc) is 2.15. The fourth-order valence-electron chi connectivity index (χ4n) is 1.38. The van der Waals surface area contributed by atoms with Gasteiger partial charge in [0.15, 0.2) is 0 Å². The molecular weight excluding hydrogens is 293 g/mol. The van der Waals surface area contributed by atoms with Crippen LogP contribution in [-0.4, -0.2) is 13.4 Å². The van der Waals surface area contributed by atoms with E-state index in [0.29, 0.717) is 10.4 Å². The first-order valence-electron chi connectivity index (χ1n) is 4.08. The van der Waals surface area contributed by atoms with E-state index in [4.69, 9.17) is 33.9 Å². The van der Waals surface area contributed by atoms with Crippen molar-refractivity contribution in [3.63, 3.8) is 0 Å². The van der Waals surface area contributed by atoms with Gasteiger partial charge < -0.3 is 0 Å². The van der Waals surface area contributed by atoms with Gasteiger partial charge in [0.1, 0.15) is 4.90 Å². The second-order valence-electron chi connectivity index (χ2n) is 3.01. The van der Waals surface area contributed by atoms with Crippen LogP contribution in [0.2, 0.25) is 10.0 Å². The first-order chi connectivity index (χ1) is 7.41. The summed E-state index contributed by atoms with van der Waals surface area (Å²) in [6.07, 6.45) is 1.44. The van der Waals surface area contributed by atoms with Crippen LogP contribution < -0.4 is 0 Å². The van der Waals surface area contributed by atoms with Crippen molar-refractivity contribution in [1.29, 1.82) is 0 Å². The van der Waals surface area contributed by atoms with Gasteiger partial charge in [0, 0.05) is 22.3 Å². The zero-order valence-corrected chi connectivity index (χ0v) is 10.7. The lowest BCUT2D eigenvalue weighted by atomic mass is 10.2. The molecule has 0 spiro atoms. The van der Waals surface area contributed by atoms with Crippen LogP contribution in [0.25, 0.3) is 10.9 Å². The third-order valence-electron chi connectivity index (χ3n) is 1.99. The van der Waals surface area contributed by atoms with Crippen molar-refractivity contribution in [2.75, 3.05) is 0 Å². The third-order valence-corrected chi connectivity index (χ3v) is 4.08. The molecule has 0 radical (unpaired) electrons. The van der Waals surface area contributed by atoms with E-state index < -0.39 is 9.05 Å². The van der Waals surface area contributed by atoms with Crippen LogP contribution in [0.3, 0.4) is 0 Å². The maximum Gasteiger partial charge on any atom is 0.264 e. The maximum absolute atomic E-state index is 11.4. The Labute approximate surface area is 106 Å². The molecule has 1 aromatic heterocycles. The summed E-state index contributed by atoms with van der Waals surface area (Å²) in [5.41, 5.74) is 0.176. The molecule has 16 heavy (non-hydrogen) atoms. The molecule has 84 valence electrons. The minimum Gasteiger partial charge on any atom is -0.255 e.